The van der Waals surface area contributed by atoms with E-state index in [4.69, 9.17) is 16.0 Å². The molecule has 0 N–H and O–H groups in total. The lowest BCUT2D eigenvalue weighted by Crippen LogP contribution is -1.95. The number of hydrogen-bond donors (Lipinski definition) is 0. The van der Waals surface area contributed by atoms with E-state index >= 15 is 0 Å². The lowest BCUT2D eigenvalue weighted by atomic mass is 10.2. The molecule has 0 bridgehead atoms. The lowest BCUT2D eigenvalue weighted by molar-refractivity contribution is 0.101. The average molecular weight is 213 g/mol. The predicted octanol–water partition coefficient (Wildman–Crippen LogP) is 3.23. The number of halogens is 1. The molecule has 4 heteroatoms. The summed E-state index contributed by atoms with van der Waals surface area (Å²) in [6.45, 7) is 0. The van der Waals surface area contributed by atoms with Crippen LogP contribution in [0.4, 0.5) is 0 Å². The molecule has 0 amide bonds. The summed E-state index contributed by atoms with van der Waals surface area (Å²) in [6.07, 6.45) is 0. The summed E-state index contributed by atoms with van der Waals surface area (Å²) in [7, 11) is 0. The summed E-state index contributed by atoms with van der Waals surface area (Å²) < 4.78 is 4.99. The normalized spacial score (nSPS) is 10.2. The Bertz CT molecular complexity index is 417. The van der Waals surface area contributed by atoms with E-state index < -0.39 is 0 Å². The first-order chi connectivity index (χ1) is 6.27. The molecule has 2 aromatic heterocycles. The Hall–Kier alpha value is -1.06. The first-order valence-corrected chi connectivity index (χ1v) is 4.86. The number of hydrogen-bond acceptors (Lipinski definition) is 3. The van der Waals surface area contributed by atoms with Crippen LogP contribution in [-0.4, -0.2) is 5.78 Å². The average Bonchev–Trinajstić information content (AvgIpc) is 2.72. The fourth-order valence-corrected chi connectivity index (χ4v) is 1.78. The fraction of sp³-hybridized carbons (Fsp3) is 0. The Kier molecular flexibility index (Phi) is 2.20. The van der Waals surface area contributed by atoms with Crippen LogP contribution in [0.2, 0.25) is 5.22 Å². The summed E-state index contributed by atoms with van der Waals surface area (Å²) in [5.41, 5.74) is 0. The van der Waals surface area contributed by atoms with E-state index in [0.29, 0.717) is 4.88 Å². The standard InChI is InChI=1S/C9H5ClO2S/c10-8-4-3-6(12-8)9(11)7-2-1-5-13-7/h1-5H. The smallest absolute Gasteiger partial charge is 0.238 e. The zero-order valence-electron chi connectivity index (χ0n) is 6.49. The van der Waals surface area contributed by atoms with Crippen molar-refractivity contribution in [1.82, 2.24) is 0 Å². The van der Waals surface area contributed by atoms with Gasteiger partial charge in [0, 0.05) is 0 Å². The fourth-order valence-electron chi connectivity index (χ4n) is 0.966. The van der Waals surface area contributed by atoms with Gasteiger partial charge in [-0.3, -0.25) is 4.79 Å². The van der Waals surface area contributed by atoms with Crippen LogP contribution in [0, 0.1) is 0 Å². The zero-order chi connectivity index (χ0) is 9.26. The molecule has 0 spiro atoms. The van der Waals surface area contributed by atoms with Crippen molar-refractivity contribution >= 4 is 28.7 Å². The summed E-state index contributed by atoms with van der Waals surface area (Å²) >= 11 is 6.93. The van der Waals surface area contributed by atoms with Gasteiger partial charge in [0.25, 0.3) is 0 Å². The van der Waals surface area contributed by atoms with Gasteiger partial charge in [-0.1, -0.05) is 6.07 Å². The highest BCUT2D eigenvalue weighted by atomic mass is 35.5. The van der Waals surface area contributed by atoms with E-state index in [-0.39, 0.29) is 16.8 Å². The van der Waals surface area contributed by atoms with Crippen molar-refractivity contribution in [1.29, 1.82) is 0 Å². The Labute approximate surface area is 83.8 Å². The number of carbonyl (C=O) groups excluding carboxylic acids is 1. The van der Waals surface area contributed by atoms with Gasteiger partial charge in [0.2, 0.25) is 5.78 Å². The molecule has 0 aliphatic heterocycles. The van der Waals surface area contributed by atoms with E-state index in [9.17, 15) is 4.79 Å². The molecular formula is C9H5ClO2S. The van der Waals surface area contributed by atoms with E-state index in [1.165, 1.54) is 11.3 Å². The van der Waals surface area contributed by atoms with Crippen LogP contribution in [0.25, 0.3) is 0 Å². The molecule has 2 nitrogen and oxygen atoms in total. The SMILES string of the molecule is O=C(c1ccc(Cl)o1)c1cccs1. The second-order valence-corrected chi connectivity index (χ2v) is 3.73. The van der Waals surface area contributed by atoms with Crippen LogP contribution in [0.15, 0.2) is 34.1 Å². The third-order valence-corrected chi connectivity index (χ3v) is 2.61. The van der Waals surface area contributed by atoms with E-state index in [1.807, 2.05) is 11.4 Å². The number of furan rings is 1. The minimum Gasteiger partial charge on any atom is -0.441 e. The van der Waals surface area contributed by atoms with Crippen LogP contribution in [0.5, 0.6) is 0 Å². The second-order valence-electron chi connectivity index (χ2n) is 2.41. The van der Waals surface area contributed by atoms with Gasteiger partial charge in [0.1, 0.15) is 0 Å². The van der Waals surface area contributed by atoms with Crippen molar-refractivity contribution in [2.24, 2.45) is 0 Å². The van der Waals surface area contributed by atoms with Gasteiger partial charge in [-0.25, -0.2) is 0 Å². The van der Waals surface area contributed by atoms with Gasteiger partial charge in [-0.15, -0.1) is 11.3 Å². The Balaban J connectivity index is 2.33. The molecular weight excluding hydrogens is 208 g/mol. The summed E-state index contributed by atoms with van der Waals surface area (Å²) in [5, 5.41) is 2.08. The molecule has 2 heterocycles. The first-order valence-electron chi connectivity index (χ1n) is 3.61. The van der Waals surface area contributed by atoms with Gasteiger partial charge in [-0.2, -0.15) is 0 Å². The number of carbonyl (C=O) groups is 1. The molecule has 0 aliphatic carbocycles. The van der Waals surface area contributed by atoms with Gasteiger partial charge in [-0.05, 0) is 35.2 Å². The highest BCUT2D eigenvalue weighted by Gasteiger charge is 2.13. The Morgan fingerprint density at radius 1 is 1.38 bits per heavy atom. The summed E-state index contributed by atoms with van der Waals surface area (Å²) in [5.74, 6) is 0.161. The number of rotatable bonds is 2. The van der Waals surface area contributed by atoms with Gasteiger partial charge in [0.05, 0.1) is 4.88 Å². The van der Waals surface area contributed by atoms with E-state index in [0.717, 1.165) is 0 Å². The highest BCUT2D eigenvalue weighted by molar-refractivity contribution is 7.12. The van der Waals surface area contributed by atoms with Crippen molar-refractivity contribution in [3.63, 3.8) is 0 Å². The minimum absolute atomic E-state index is 0.123. The van der Waals surface area contributed by atoms with Gasteiger partial charge >= 0.3 is 0 Å². The van der Waals surface area contributed by atoms with E-state index in [1.54, 1.807) is 18.2 Å². The van der Waals surface area contributed by atoms with E-state index in [2.05, 4.69) is 0 Å². The summed E-state index contributed by atoms with van der Waals surface area (Å²) in [6, 6.07) is 6.71. The number of ketones is 1. The molecule has 0 fully saturated rings. The molecule has 0 saturated carbocycles. The molecule has 2 aromatic rings. The molecule has 0 unspecified atom stereocenters. The largest absolute Gasteiger partial charge is 0.441 e. The van der Waals surface area contributed by atoms with Crippen molar-refractivity contribution < 1.29 is 9.21 Å². The van der Waals surface area contributed by atoms with Crippen LogP contribution < -0.4 is 0 Å². The molecule has 2 rings (SSSR count). The molecule has 13 heavy (non-hydrogen) atoms. The maximum absolute atomic E-state index is 11.6. The quantitative estimate of drug-likeness (QED) is 0.716. The lowest BCUT2D eigenvalue weighted by Gasteiger charge is -1.90. The summed E-state index contributed by atoms with van der Waals surface area (Å²) in [4.78, 5) is 12.2. The van der Waals surface area contributed by atoms with Gasteiger partial charge < -0.3 is 4.42 Å². The molecule has 0 radical (unpaired) electrons. The maximum Gasteiger partial charge on any atom is 0.238 e. The Morgan fingerprint density at radius 3 is 2.77 bits per heavy atom. The molecule has 0 saturated heterocycles. The third-order valence-electron chi connectivity index (χ3n) is 1.54. The second kappa shape index (κ2) is 3.36. The van der Waals surface area contributed by atoms with Crippen LogP contribution >= 0.6 is 22.9 Å². The van der Waals surface area contributed by atoms with Crippen molar-refractivity contribution in [3.8, 4) is 0 Å². The predicted molar refractivity (Wildman–Crippen MR) is 51.5 cm³/mol. The van der Waals surface area contributed by atoms with Crippen LogP contribution in [-0.2, 0) is 0 Å². The van der Waals surface area contributed by atoms with Crippen molar-refractivity contribution in [2.75, 3.05) is 0 Å². The first kappa shape index (κ1) is 8.53. The monoisotopic (exact) mass is 212 g/mol. The van der Waals surface area contributed by atoms with Crippen LogP contribution in [0.3, 0.4) is 0 Å². The Morgan fingerprint density at radius 2 is 2.23 bits per heavy atom. The number of thiophene rings is 1. The topological polar surface area (TPSA) is 30.2 Å². The van der Waals surface area contributed by atoms with Gasteiger partial charge in [0.15, 0.2) is 11.0 Å². The highest BCUT2D eigenvalue weighted by Crippen LogP contribution is 2.19. The van der Waals surface area contributed by atoms with Crippen molar-refractivity contribution in [2.45, 2.75) is 0 Å². The molecule has 0 aromatic carbocycles. The third kappa shape index (κ3) is 1.66. The molecule has 0 atom stereocenters. The molecule has 66 valence electrons. The zero-order valence-corrected chi connectivity index (χ0v) is 8.06. The van der Waals surface area contributed by atoms with Crippen LogP contribution in [0.1, 0.15) is 15.4 Å². The van der Waals surface area contributed by atoms with Crippen molar-refractivity contribution in [3.05, 3.63) is 45.5 Å². The maximum atomic E-state index is 11.6. The minimum atomic E-state index is -0.123. The molecule has 0 aliphatic rings.